The SMILES string of the molecule is CCOc1cc2occ(C)c2cc1/C(C)=C/C(=O)Nc1ccccc1Cl. The van der Waals surface area contributed by atoms with Gasteiger partial charge in [-0.05, 0) is 50.1 Å². The van der Waals surface area contributed by atoms with Crippen LogP contribution in [0.5, 0.6) is 5.75 Å². The van der Waals surface area contributed by atoms with E-state index >= 15 is 0 Å². The van der Waals surface area contributed by atoms with Crippen molar-refractivity contribution in [3.63, 3.8) is 0 Å². The van der Waals surface area contributed by atoms with Crippen molar-refractivity contribution in [3.8, 4) is 5.75 Å². The molecule has 2 aromatic carbocycles. The molecule has 0 saturated carbocycles. The van der Waals surface area contributed by atoms with Gasteiger partial charge in [0.15, 0.2) is 0 Å². The van der Waals surface area contributed by atoms with E-state index in [9.17, 15) is 4.79 Å². The molecular weight excluding hydrogens is 350 g/mol. The van der Waals surface area contributed by atoms with E-state index in [1.807, 2.05) is 45.0 Å². The minimum absolute atomic E-state index is 0.248. The summed E-state index contributed by atoms with van der Waals surface area (Å²) < 4.78 is 11.3. The van der Waals surface area contributed by atoms with Gasteiger partial charge < -0.3 is 14.5 Å². The molecule has 0 radical (unpaired) electrons. The standard InChI is InChI=1S/C21H20ClNO3/c1-4-25-19-11-20-16(14(3)12-26-20)10-15(19)13(2)9-21(24)23-18-8-6-5-7-17(18)22/h5-12H,4H2,1-3H3,(H,23,24)/b13-9+. The van der Waals surface area contributed by atoms with Crippen molar-refractivity contribution >= 4 is 39.7 Å². The van der Waals surface area contributed by atoms with Gasteiger partial charge in [0.2, 0.25) is 5.91 Å². The lowest BCUT2D eigenvalue weighted by atomic mass is 10.0. The first kappa shape index (κ1) is 18.1. The van der Waals surface area contributed by atoms with E-state index in [0.29, 0.717) is 23.1 Å². The maximum Gasteiger partial charge on any atom is 0.248 e. The van der Waals surface area contributed by atoms with Gasteiger partial charge in [0.25, 0.3) is 0 Å². The lowest BCUT2D eigenvalue weighted by Crippen LogP contribution is -2.09. The Balaban J connectivity index is 1.94. The number of hydrogen-bond donors (Lipinski definition) is 1. The van der Waals surface area contributed by atoms with E-state index in [4.69, 9.17) is 20.8 Å². The van der Waals surface area contributed by atoms with Gasteiger partial charge in [-0.3, -0.25) is 4.79 Å². The number of carbonyl (C=O) groups excluding carboxylic acids is 1. The van der Waals surface area contributed by atoms with Crippen molar-refractivity contribution in [2.24, 2.45) is 0 Å². The predicted octanol–water partition coefficient (Wildman–Crippen LogP) is 5.84. The summed E-state index contributed by atoms with van der Waals surface area (Å²) in [6.07, 6.45) is 3.26. The number of para-hydroxylation sites is 1. The van der Waals surface area contributed by atoms with E-state index in [0.717, 1.165) is 27.7 Å². The summed E-state index contributed by atoms with van der Waals surface area (Å²) in [5, 5.41) is 4.30. The number of furan rings is 1. The van der Waals surface area contributed by atoms with Crippen LogP contribution in [-0.2, 0) is 4.79 Å². The van der Waals surface area contributed by atoms with Crippen molar-refractivity contribution < 1.29 is 13.9 Å². The zero-order valence-electron chi connectivity index (χ0n) is 14.9. The lowest BCUT2D eigenvalue weighted by Gasteiger charge is -2.11. The van der Waals surface area contributed by atoms with Crippen molar-refractivity contribution in [2.75, 3.05) is 11.9 Å². The first-order valence-electron chi connectivity index (χ1n) is 8.38. The topological polar surface area (TPSA) is 51.5 Å². The summed E-state index contributed by atoms with van der Waals surface area (Å²) in [5.41, 5.74) is 4.04. The molecule has 4 nitrogen and oxygen atoms in total. The number of anilines is 1. The highest BCUT2D eigenvalue weighted by Crippen LogP contribution is 2.33. The number of carbonyl (C=O) groups is 1. The molecule has 0 aliphatic heterocycles. The van der Waals surface area contributed by atoms with Crippen molar-refractivity contribution in [1.82, 2.24) is 0 Å². The van der Waals surface area contributed by atoms with Gasteiger partial charge in [0.05, 0.1) is 23.6 Å². The fourth-order valence-electron chi connectivity index (χ4n) is 2.77. The largest absolute Gasteiger partial charge is 0.493 e. The number of halogens is 1. The van der Waals surface area contributed by atoms with E-state index < -0.39 is 0 Å². The Morgan fingerprint density at radius 3 is 2.81 bits per heavy atom. The van der Waals surface area contributed by atoms with E-state index in [1.54, 1.807) is 24.5 Å². The predicted molar refractivity (Wildman–Crippen MR) is 106 cm³/mol. The molecule has 1 aromatic heterocycles. The van der Waals surface area contributed by atoms with Crippen LogP contribution in [0.4, 0.5) is 5.69 Å². The molecule has 3 rings (SSSR count). The molecule has 0 aliphatic rings. The lowest BCUT2D eigenvalue weighted by molar-refractivity contribution is -0.111. The second-order valence-electron chi connectivity index (χ2n) is 5.99. The molecular formula is C21H20ClNO3. The number of rotatable bonds is 5. The first-order valence-corrected chi connectivity index (χ1v) is 8.76. The maximum atomic E-state index is 12.4. The zero-order valence-corrected chi connectivity index (χ0v) is 15.7. The van der Waals surface area contributed by atoms with Crippen LogP contribution in [0.25, 0.3) is 16.5 Å². The van der Waals surface area contributed by atoms with Crippen molar-refractivity contribution in [2.45, 2.75) is 20.8 Å². The summed E-state index contributed by atoms with van der Waals surface area (Å²) in [7, 11) is 0. The normalized spacial score (nSPS) is 11.6. The molecule has 0 spiro atoms. The number of benzene rings is 2. The minimum atomic E-state index is -0.248. The Hall–Kier alpha value is -2.72. The summed E-state index contributed by atoms with van der Waals surface area (Å²) in [4.78, 5) is 12.4. The number of aryl methyl sites for hydroxylation is 1. The number of hydrogen-bond acceptors (Lipinski definition) is 3. The van der Waals surface area contributed by atoms with Crippen LogP contribution in [0.15, 0.2) is 53.2 Å². The molecule has 134 valence electrons. The summed E-state index contributed by atoms with van der Waals surface area (Å²) in [5.74, 6) is 0.440. The quantitative estimate of drug-likeness (QED) is 0.575. The van der Waals surface area contributed by atoms with Crippen LogP contribution < -0.4 is 10.1 Å². The van der Waals surface area contributed by atoms with Crippen LogP contribution in [0.3, 0.4) is 0 Å². The van der Waals surface area contributed by atoms with Gasteiger partial charge >= 0.3 is 0 Å². The third-order valence-electron chi connectivity index (χ3n) is 4.07. The minimum Gasteiger partial charge on any atom is -0.493 e. The van der Waals surface area contributed by atoms with E-state index in [-0.39, 0.29) is 5.91 Å². The Morgan fingerprint density at radius 1 is 1.31 bits per heavy atom. The molecule has 1 N–H and O–H groups in total. The molecule has 26 heavy (non-hydrogen) atoms. The molecule has 0 unspecified atom stereocenters. The highest BCUT2D eigenvalue weighted by molar-refractivity contribution is 6.33. The first-order chi connectivity index (χ1) is 12.5. The van der Waals surface area contributed by atoms with Gasteiger partial charge in [-0.1, -0.05) is 23.7 Å². The van der Waals surface area contributed by atoms with Crippen LogP contribution in [-0.4, -0.2) is 12.5 Å². The number of ether oxygens (including phenoxy) is 1. The maximum absolute atomic E-state index is 12.4. The Bertz CT molecular complexity index is 988. The van der Waals surface area contributed by atoms with Gasteiger partial charge in [-0.2, -0.15) is 0 Å². The van der Waals surface area contributed by atoms with Gasteiger partial charge in [-0.15, -0.1) is 0 Å². The summed E-state index contributed by atoms with van der Waals surface area (Å²) >= 11 is 6.09. The number of amides is 1. The molecule has 1 heterocycles. The van der Waals surface area contributed by atoms with Crippen LogP contribution in [0.1, 0.15) is 25.0 Å². The highest BCUT2D eigenvalue weighted by atomic mass is 35.5. The Labute approximate surface area is 157 Å². The van der Waals surface area contributed by atoms with Gasteiger partial charge in [0.1, 0.15) is 11.3 Å². The molecule has 1 amide bonds. The third-order valence-corrected chi connectivity index (χ3v) is 4.40. The molecule has 5 heteroatoms. The average molecular weight is 370 g/mol. The van der Waals surface area contributed by atoms with E-state index in [1.165, 1.54) is 0 Å². The molecule has 0 saturated heterocycles. The number of allylic oxidation sites excluding steroid dienone is 1. The molecule has 0 aliphatic carbocycles. The summed E-state index contributed by atoms with van der Waals surface area (Å²) in [6.45, 7) is 6.31. The fourth-order valence-corrected chi connectivity index (χ4v) is 2.95. The van der Waals surface area contributed by atoms with Crippen LogP contribution in [0, 0.1) is 6.92 Å². The van der Waals surface area contributed by atoms with Gasteiger partial charge in [-0.25, -0.2) is 0 Å². The van der Waals surface area contributed by atoms with E-state index in [2.05, 4.69) is 5.32 Å². The van der Waals surface area contributed by atoms with Gasteiger partial charge in [0, 0.05) is 23.1 Å². The average Bonchev–Trinajstić information content (AvgIpc) is 2.97. The van der Waals surface area contributed by atoms with Crippen LogP contribution in [0.2, 0.25) is 5.02 Å². The smallest absolute Gasteiger partial charge is 0.248 e. The molecule has 3 aromatic rings. The second kappa shape index (κ2) is 7.67. The number of fused-ring (bicyclic) bond motifs is 1. The molecule has 0 bridgehead atoms. The fraction of sp³-hybridized carbons (Fsp3) is 0.190. The number of nitrogens with one attached hydrogen (secondary N) is 1. The Morgan fingerprint density at radius 2 is 2.08 bits per heavy atom. The highest BCUT2D eigenvalue weighted by Gasteiger charge is 2.13. The zero-order chi connectivity index (χ0) is 18.7. The molecule has 0 atom stereocenters. The van der Waals surface area contributed by atoms with Crippen molar-refractivity contribution in [3.05, 3.63) is 64.9 Å². The second-order valence-corrected chi connectivity index (χ2v) is 6.40. The molecule has 0 fully saturated rings. The summed E-state index contributed by atoms with van der Waals surface area (Å²) in [6, 6.07) is 11.0. The third kappa shape index (κ3) is 3.75. The Kier molecular flexibility index (Phi) is 5.33. The van der Waals surface area contributed by atoms with Crippen LogP contribution >= 0.6 is 11.6 Å². The van der Waals surface area contributed by atoms with Crippen molar-refractivity contribution in [1.29, 1.82) is 0 Å². The monoisotopic (exact) mass is 369 g/mol.